The number of anilines is 1. The molecule has 0 aromatic heterocycles. The van der Waals surface area contributed by atoms with Crippen molar-refractivity contribution in [2.45, 2.75) is 51.6 Å². The van der Waals surface area contributed by atoms with Crippen LogP contribution in [0.2, 0.25) is 0 Å². The maximum absolute atomic E-state index is 13.6. The molecule has 1 heterocycles. The van der Waals surface area contributed by atoms with E-state index in [1.54, 1.807) is 37.3 Å². The lowest BCUT2D eigenvalue weighted by molar-refractivity contribution is -0.128. The fraction of sp³-hybridized carbons (Fsp3) is 0.375. The number of carbonyl (C=O) groups is 2. The van der Waals surface area contributed by atoms with Crippen molar-refractivity contribution in [1.29, 1.82) is 0 Å². The maximum Gasteiger partial charge on any atom is 0.270 e. The third-order valence-corrected chi connectivity index (χ3v) is 5.70. The Kier molecular flexibility index (Phi) is 5.60. The van der Waals surface area contributed by atoms with Crippen molar-refractivity contribution in [1.82, 2.24) is 0 Å². The summed E-state index contributed by atoms with van der Waals surface area (Å²) in [5.74, 6) is -4.08. The second-order valence-electron chi connectivity index (χ2n) is 8.22. The summed E-state index contributed by atoms with van der Waals surface area (Å²) in [4.78, 5) is 25.8. The average Bonchev–Trinajstić information content (AvgIpc) is 2.99. The first-order chi connectivity index (χ1) is 14.7. The van der Waals surface area contributed by atoms with E-state index in [0.717, 1.165) is 25.5 Å². The number of rotatable bonds is 7. The number of ketones is 1. The van der Waals surface area contributed by atoms with Crippen molar-refractivity contribution in [3.05, 3.63) is 59.7 Å². The minimum atomic E-state index is -3.00. The van der Waals surface area contributed by atoms with E-state index < -0.39 is 17.7 Å². The van der Waals surface area contributed by atoms with E-state index in [2.05, 4.69) is 5.10 Å². The zero-order valence-corrected chi connectivity index (χ0v) is 17.5. The van der Waals surface area contributed by atoms with Crippen LogP contribution in [0.1, 0.15) is 44.2 Å². The predicted molar refractivity (Wildman–Crippen MR) is 114 cm³/mol. The number of benzene rings is 2. The summed E-state index contributed by atoms with van der Waals surface area (Å²) in [7, 11) is 0. The number of Topliss-reactive ketones (excluding diaryl/α,β-unsaturated/α-hetero) is 1. The van der Waals surface area contributed by atoms with Crippen molar-refractivity contribution < 1.29 is 23.1 Å². The van der Waals surface area contributed by atoms with E-state index in [-0.39, 0.29) is 23.9 Å². The van der Waals surface area contributed by atoms with E-state index in [9.17, 15) is 18.4 Å². The van der Waals surface area contributed by atoms with Gasteiger partial charge in [-0.25, -0.2) is 8.78 Å². The van der Waals surface area contributed by atoms with Gasteiger partial charge in [0.15, 0.2) is 5.78 Å². The van der Waals surface area contributed by atoms with Crippen LogP contribution in [0.25, 0.3) is 0 Å². The molecule has 5 nitrogen and oxygen atoms in total. The summed E-state index contributed by atoms with van der Waals surface area (Å²) < 4.78 is 33.0. The maximum atomic E-state index is 13.6. The minimum Gasteiger partial charge on any atom is -0.490 e. The zero-order chi connectivity index (χ0) is 22.2. The van der Waals surface area contributed by atoms with Gasteiger partial charge in [0.1, 0.15) is 11.7 Å². The summed E-state index contributed by atoms with van der Waals surface area (Å²) >= 11 is 0. The molecule has 4 rings (SSSR count). The largest absolute Gasteiger partial charge is 0.490 e. The average molecular weight is 426 g/mol. The van der Waals surface area contributed by atoms with Crippen molar-refractivity contribution in [3.63, 3.8) is 0 Å². The Morgan fingerprint density at radius 3 is 2.52 bits per heavy atom. The molecular weight excluding hydrogens is 402 g/mol. The van der Waals surface area contributed by atoms with Crippen molar-refractivity contribution in [2.75, 3.05) is 5.01 Å². The van der Waals surface area contributed by atoms with Crippen LogP contribution in [0.15, 0.2) is 53.6 Å². The van der Waals surface area contributed by atoms with Crippen LogP contribution < -0.4 is 9.75 Å². The first kappa shape index (κ1) is 21.2. The number of amides is 1. The Morgan fingerprint density at radius 1 is 1.19 bits per heavy atom. The lowest BCUT2D eigenvalue weighted by Crippen LogP contribution is -2.33. The zero-order valence-electron chi connectivity index (χ0n) is 17.5. The van der Waals surface area contributed by atoms with Gasteiger partial charge in [-0.15, -0.1) is 0 Å². The molecule has 1 amide bonds. The molecule has 1 saturated carbocycles. The monoisotopic (exact) mass is 426 g/mol. The van der Waals surface area contributed by atoms with E-state index in [1.165, 1.54) is 29.6 Å². The van der Waals surface area contributed by atoms with Crippen LogP contribution in [0.3, 0.4) is 0 Å². The van der Waals surface area contributed by atoms with Gasteiger partial charge in [-0.1, -0.05) is 18.2 Å². The van der Waals surface area contributed by atoms with E-state index in [0.29, 0.717) is 17.0 Å². The lowest BCUT2D eigenvalue weighted by atomic mass is 9.93. The van der Waals surface area contributed by atoms with Crippen LogP contribution >= 0.6 is 0 Å². The number of hydrogen-bond acceptors (Lipinski definition) is 4. The quantitative estimate of drug-likeness (QED) is 0.593. The Morgan fingerprint density at radius 2 is 1.90 bits per heavy atom. The molecule has 0 bridgehead atoms. The van der Waals surface area contributed by atoms with Gasteiger partial charge in [-0.2, -0.15) is 10.1 Å². The normalized spacial score (nSPS) is 19.2. The minimum absolute atomic E-state index is 0.116. The van der Waals surface area contributed by atoms with Crippen molar-refractivity contribution in [2.24, 2.45) is 11.0 Å². The van der Waals surface area contributed by atoms with Gasteiger partial charge in [0.05, 0.1) is 17.5 Å². The third kappa shape index (κ3) is 4.50. The molecule has 2 aromatic rings. The summed E-state index contributed by atoms with van der Waals surface area (Å²) in [5, 5.41) is 5.50. The molecule has 2 aromatic carbocycles. The molecule has 1 aliphatic carbocycles. The Hall–Kier alpha value is -3.09. The number of alkyl halides is 2. The van der Waals surface area contributed by atoms with Crippen molar-refractivity contribution in [3.8, 4) is 5.75 Å². The Bertz CT molecular complexity index is 1020. The molecule has 0 spiro atoms. The number of carbonyl (C=O) groups excluding carboxylic acids is 2. The second kappa shape index (κ2) is 8.21. The number of halogens is 2. The highest BCUT2D eigenvalue weighted by Crippen LogP contribution is 2.30. The van der Waals surface area contributed by atoms with Crippen LogP contribution in [0.5, 0.6) is 5.75 Å². The molecule has 1 fully saturated rings. The van der Waals surface area contributed by atoms with E-state index in [1.807, 2.05) is 0 Å². The van der Waals surface area contributed by atoms with Crippen LogP contribution in [0, 0.1) is 5.92 Å². The van der Waals surface area contributed by atoms with Gasteiger partial charge >= 0.3 is 0 Å². The standard InChI is InChI=1S/C24H24F2N2O3/c1-15-22(21(29)14-16-5-3-6-17(13-16)24(2,25)26)23(30)28(27-15)18-9-11-20(12-10-18)31-19-7-4-8-19/h3,5-6,9-13,19,22H,4,7-8,14H2,1-2H3. The van der Waals surface area contributed by atoms with Gasteiger partial charge in [0, 0.05) is 18.9 Å². The van der Waals surface area contributed by atoms with Crippen LogP contribution in [0.4, 0.5) is 14.5 Å². The summed E-state index contributed by atoms with van der Waals surface area (Å²) in [5.41, 5.74) is 1.22. The molecule has 0 radical (unpaired) electrons. The Balaban J connectivity index is 1.45. The van der Waals surface area contributed by atoms with Crippen LogP contribution in [-0.2, 0) is 21.9 Å². The second-order valence-corrected chi connectivity index (χ2v) is 8.22. The number of hydrazone groups is 1. The highest BCUT2D eigenvalue weighted by molar-refractivity contribution is 6.27. The van der Waals surface area contributed by atoms with Gasteiger partial charge < -0.3 is 4.74 Å². The number of hydrogen-bond donors (Lipinski definition) is 0. The summed E-state index contributed by atoms with van der Waals surface area (Å²) in [6.07, 6.45) is 3.43. The fourth-order valence-corrected chi connectivity index (χ4v) is 3.73. The van der Waals surface area contributed by atoms with Crippen LogP contribution in [-0.4, -0.2) is 23.5 Å². The molecule has 1 atom stereocenters. The summed E-state index contributed by atoms with van der Waals surface area (Å²) in [6, 6.07) is 12.8. The molecule has 1 unspecified atom stereocenters. The smallest absolute Gasteiger partial charge is 0.270 e. The Labute approximate surface area is 179 Å². The topological polar surface area (TPSA) is 59.0 Å². The summed E-state index contributed by atoms with van der Waals surface area (Å²) in [6.45, 7) is 2.44. The SMILES string of the molecule is CC1=NN(c2ccc(OC3CCC3)cc2)C(=O)C1C(=O)Cc1cccc(C(C)(F)F)c1. The predicted octanol–water partition coefficient (Wildman–Crippen LogP) is 4.88. The fourth-order valence-electron chi connectivity index (χ4n) is 3.73. The molecule has 0 saturated heterocycles. The number of ether oxygens (including phenoxy) is 1. The van der Waals surface area contributed by atoms with Gasteiger partial charge in [0.25, 0.3) is 11.8 Å². The van der Waals surface area contributed by atoms with E-state index in [4.69, 9.17) is 4.74 Å². The molecular formula is C24H24F2N2O3. The molecule has 0 N–H and O–H groups in total. The van der Waals surface area contributed by atoms with E-state index >= 15 is 0 Å². The molecule has 162 valence electrons. The van der Waals surface area contributed by atoms with Gasteiger partial charge in [0.2, 0.25) is 0 Å². The van der Waals surface area contributed by atoms with Crippen molar-refractivity contribution >= 4 is 23.1 Å². The highest BCUT2D eigenvalue weighted by atomic mass is 19.3. The first-order valence-electron chi connectivity index (χ1n) is 10.4. The molecule has 1 aliphatic heterocycles. The molecule has 2 aliphatic rings. The third-order valence-electron chi connectivity index (χ3n) is 5.70. The van der Waals surface area contributed by atoms with Gasteiger partial charge in [-0.3, -0.25) is 9.59 Å². The number of nitrogens with zero attached hydrogens (tertiary/aromatic N) is 2. The van der Waals surface area contributed by atoms with Gasteiger partial charge in [-0.05, 0) is 62.1 Å². The first-order valence-corrected chi connectivity index (χ1v) is 10.4. The lowest BCUT2D eigenvalue weighted by Gasteiger charge is -2.26. The highest BCUT2D eigenvalue weighted by Gasteiger charge is 2.39. The molecule has 31 heavy (non-hydrogen) atoms. The molecule has 7 heteroatoms.